The summed E-state index contributed by atoms with van der Waals surface area (Å²) in [6.07, 6.45) is 1.80. The number of ether oxygens (including phenoxy) is 1. The van der Waals surface area contributed by atoms with Gasteiger partial charge in [-0.3, -0.25) is 5.32 Å². The molecule has 4 rings (SSSR count). The fourth-order valence-corrected chi connectivity index (χ4v) is 3.77. The predicted molar refractivity (Wildman–Crippen MR) is 102 cm³/mol. The van der Waals surface area contributed by atoms with E-state index >= 15 is 0 Å². The highest BCUT2D eigenvalue weighted by molar-refractivity contribution is 7.14. The minimum Gasteiger partial charge on any atom is -0.378 e. The topological polar surface area (TPSA) is 73.8 Å². The van der Waals surface area contributed by atoms with Crippen LogP contribution in [0.4, 0.5) is 21.3 Å². The summed E-state index contributed by atoms with van der Waals surface area (Å²) in [5.74, 6) is 0.892. The summed E-state index contributed by atoms with van der Waals surface area (Å²) in [6, 6.07) is 5.89. The quantitative estimate of drug-likeness (QED) is 0.882. The van der Waals surface area contributed by atoms with E-state index in [1.807, 2.05) is 22.4 Å². The maximum Gasteiger partial charge on any atom is 0.322 e. The third kappa shape index (κ3) is 3.88. The fraction of sp³-hybridized carbons (Fsp3) is 0.471. The molecule has 1 N–H and O–H groups in total. The van der Waals surface area contributed by atoms with Crippen molar-refractivity contribution in [1.82, 2.24) is 15.1 Å². The number of rotatable bonds is 3. The second kappa shape index (κ2) is 7.88. The lowest BCUT2D eigenvalue weighted by Gasteiger charge is -2.36. The Hall–Kier alpha value is -2.39. The summed E-state index contributed by atoms with van der Waals surface area (Å²) in [5.41, 5.74) is 1.06. The fourth-order valence-electron chi connectivity index (χ4n) is 3.17. The molecule has 2 aliphatic rings. The molecular formula is C17H22N6O2S. The van der Waals surface area contributed by atoms with Gasteiger partial charge in [0, 0.05) is 45.3 Å². The highest BCUT2D eigenvalue weighted by Crippen LogP contribution is 2.21. The molecule has 138 valence electrons. The Morgan fingerprint density at radius 3 is 2.65 bits per heavy atom. The number of carbonyl (C=O) groups excluding carboxylic acids is 1. The Morgan fingerprint density at radius 2 is 1.92 bits per heavy atom. The molecule has 0 saturated carbocycles. The van der Waals surface area contributed by atoms with E-state index in [9.17, 15) is 4.79 Å². The molecule has 0 aromatic carbocycles. The van der Waals surface area contributed by atoms with Crippen molar-refractivity contribution in [3.63, 3.8) is 0 Å². The number of amides is 2. The van der Waals surface area contributed by atoms with Crippen molar-refractivity contribution in [3.05, 3.63) is 29.8 Å². The lowest BCUT2D eigenvalue weighted by molar-refractivity contribution is 0.122. The van der Waals surface area contributed by atoms with E-state index in [1.165, 1.54) is 11.3 Å². The number of urea groups is 1. The molecule has 0 aliphatic carbocycles. The van der Waals surface area contributed by atoms with Gasteiger partial charge in [0.15, 0.2) is 5.82 Å². The first-order valence-corrected chi connectivity index (χ1v) is 9.67. The second-order valence-corrected chi connectivity index (χ2v) is 7.20. The van der Waals surface area contributed by atoms with Crippen molar-refractivity contribution in [2.75, 3.05) is 67.6 Å². The van der Waals surface area contributed by atoms with Crippen LogP contribution in [0.15, 0.2) is 29.8 Å². The number of piperazine rings is 1. The van der Waals surface area contributed by atoms with E-state index in [-0.39, 0.29) is 6.03 Å². The minimum absolute atomic E-state index is 0.0334. The van der Waals surface area contributed by atoms with Gasteiger partial charge in [0.2, 0.25) is 0 Å². The Labute approximate surface area is 156 Å². The van der Waals surface area contributed by atoms with Gasteiger partial charge in [0.1, 0.15) is 0 Å². The number of hydrogen-bond acceptors (Lipinski definition) is 7. The largest absolute Gasteiger partial charge is 0.378 e. The third-order valence-corrected chi connectivity index (χ3v) is 5.43. The van der Waals surface area contributed by atoms with Crippen molar-refractivity contribution in [2.24, 2.45) is 0 Å². The van der Waals surface area contributed by atoms with Crippen LogP contribution in [0.2, 0.25) is 0 Å². The third-order valence-electron chi connectivity index (χ3n) is 4.65. The molecule has 0 atom stereocenters. The molecule has 2 fully saturated rings. The van der Waals surface area contributed by atoms with Gasteiger partial charge in [-0.05, 0) is 17.5 Å². The van der Waals surface area contributed by atoms with Crippen LogP contribution in [0.5, 0.6) is 0 Å². The van der Waals surface area contributed by atoms with Crippen molar-refractivity contribution in [1.29, 1.82) is 0 Å². The van der Waals surface area contributed by atoms with Crippen LogP contribution in [0.25, 0.3) is 0 Å². The SMILES string of the molecule is O=C(Nc1cccs1)N1CCN(c2cnnc(N3CCOCC3)c2)CC1. The van der Waals surface area contributed by atoms with E-state index in [1.54, 1.807) is 6.20 Å². The Kier molecular flexibility index (Phi) is 5.16. The van der Waals surface area contributed by atoms with Crippen LogP contribution >= 0.6 is 11.3 Å². The van der Waals surface area contributed by atoms with E-state index in [4.69, 9.17) is 4.74 Å². The first-order chi connectivity index (χ1) is 12.8. The van der Waals surface area contributed by atoms with Gasteiger partial charge in [-0.25, -0.2) is 4.79 Å². The maximum atomic E-state index is 12.3. The number of hydrogen-bond donors (Lipinski definition) is 1. The molecule has 0 radical (unpaired) electrons. The molecule has 2 saturated heterocycles. The van der Waals surface area contributed by atoms with Crippen LogP contribution < -0.4 is 15.1 Å². The van der Waals surface area contributed by atoms with Crippen LogP contribution in [0.3, 0.4) is 0 Å². The molecular weight excluding hydrogens is 352 g/mol. The summed E-state index contributed by atoms with van der Waals surface area (Å²) in [5, 5.41) is 14.2. The number of carbonyl (C=O) groups is 1. The van der Waals surface area contributed by atoms with E-state index in [0.717, 1.165) is 55.9 Å². The normalized spacial score (nSPS) is 18.1. The second-order valence-electron chi connectivity index (χ2n) is 6.25. The first kappa shape index (κ1) is 17.0. The molecule has 0 unspecified atom stereocenters. The standard InChI is InChI=1S/C17H22N6O2S/c24-17(19-16-2-1-11-26-16)23-5-3-21(4-6-23)14-12-15(20-18-13-14)22-7-9-25-10-8-22/h1-2,11-13H,3-10H2,(H,19,24). The number of morpholine rings is 1. The van der Waals surface area contributed by atoms with E-state index in [2.05, 4.69) is 31.4 Å². The molecule has 9 heteroatoms. The number of aromatic nitrogens is 2. The number of anilines is 3. The molecule has 0 bridgehead atoms. The van der Waals surface area contributed by atoms with Gasteiger partial charge in [0.25, 0.3) is 0 Å². The van der Waals surface area contributed by atoms with Gasteiger partial charge in [0.05, 0.1) is 30.1 Å². The van der Waals surface area contributed by atoms with Crippen LogP contribution in [0, 0.1) is 0 Å². The van der Waals surface area contributed by atoms with Crippen LogP contribution in [-0.2, 0) is 4.74 Å². The summed E-state index contributed by atoms with van der Waals surface area (Å²) in [6.45, 7) is 6.08. The molecule has 2 aromatic heterocycles. The zero-order valence-corrected chi connectivity index (χ0v) is 15.3. The Bertz CT molecular complexity index is 727. The number of nitrogens with zero attached hydrogens (tertiary/aromatic N) is 5. The summed E-state index contributed by atoms with van der Waals surface area (Å²) in [7, 11) is 0. The summed E-state index contributed by atoms with van der Waals surface area (Å²) < 4.78 is 5.40. The average molecular weight is 374 g/mol. The summed E-state index contributed by atoms with van der Waals surface area (Å²) in [4.78, 5) is 18.6. The first-order valence-electron chi connectivity index (χ1n) is 8.79. The average Bonchev–Trinajstić information content (AvgIpc) is 3.22. The van der Waals surface area contributed by atoms with E-state index < -0.39 is 0 Å². The van der Waals surface area contributed by atoms with Gasteiger partial charge in [-0.2, -0.15) is 5.10 Å². The van der Waals surface area contributed by atoms with Gasteiger partial charge < -0.3 is 19.4 Å². The van der Waals surface area contributed by atoms with Gasteiger partial charge in [-0.1, -0.05) is 0 Å². The lowest BCUT2D eigenvalue weighted by Crippen LogP contribution is -2.50. The van der Waals surface area contributed by atoms with Crippen LogP contribution in [0.1, 0.15) is 0 Å². The van der Waals surface area contributed by atoms with Crippen molar-refractivity contribution in [2.45, 2.75) is 0 Å². The Balaban J connectivity index is 1.35. The molecule has 2 aliphatic heterocycles. The van der Waals surface area contributed by atoms with Crippen LogP contribution in [-0.4, -0.2) is 73.6 Å². The summed E-state index contributed by atoms with van der Waals surface area (Å²) >= 11 is 1.53. The highest BCUT2D eigenvalue weighted by Gasteiger charge is 2.22. The van der Waals surface area contributed by atoms with Crippen molar-refractivity contribution < 1.29 is 9.53 Å². The molecule has 4 heterocycles. The molecule has 0 spiro atoms. The maximum absolute atomic E-state index is 12.3. The highest BCUT2D eigenvalue weighted by atomic mass is 32.1. The zero-order chi connectivity index (χ0) is 17.8. The van der Waals surface area contributed by atoms with E-state index in [0.29, 0.717) is 13.1 Å². The van der Waals surface area contributed by atoms with Gasteiger partial charge >= 0.3 is 6.03 Å². The van der Waals surface area contributed by atoms with Crippen molar-refractivity contribution >= 4 is 33.9 Å². The number of nitrogens with one attached hydrogen (secondary N) is 1. The Morgan fingerprint density at radius 1 is 1.12 bits per heavy atom. The predicted octanol–water partition coefficient (Wildman–Crippen LogP) is 1.73. The monoisotopic (exact) mass is 374 g/mol. The molecule has 2 aromatic rings. The smallest absolute Gasteiger partial charge is 0.322 e. The zero-order valence-electron chi connectivity index (χ0n) is 14.5. The molecule has 8 nitrogen and oxygen atoms in total. The molecule has 26 heavy (non-hydrogen) atoms. The van der Waals surface area contributed by atoms with Gasteiger partial charge in [-0.15, -0.1) is 16.4 Å². The number of thiophene rings is 1. The van der Waals surface area contributed by atoms with Crippen molar-refractivity contribution in [3.8, 4) is 0 Å². The molecule has 2 amide bonds. The minimum atomic E-state index is -0.0334. The lowest BCUT2D eigenvalue weighted by atomic mass is 10.3.